The van der Waals surface area contributed by atoms with E-state index in [0.717, 1.165) is 25.3 Å². The monoisotopic (exact) mass is 332 g/mol. The van der Waals surface area contributed by atoms with E-state index in [1.54, 1.807) is 0 Å². The van der Waals surface area contributed by atoms with Crippen LogP contribution in [0.3, 0.4) is 0 Å². The lowest BCUT2D eigenvalue weighted by atomic mass is 10.2. The van der Waals surface area contributed by atoms with Crippen molar-refractivity contribution in [3.8, 4) is 11.5 Å². The zero-order valence-corrected chi connectivity index (χ0v) is 16.6. The highest BCUT2D eigenvalue weighted by molar-refractivity contribution is 6.90. The number of hydrogen-bond acceptors (Lipinski definition) is 2. The van der Waals surface area contributed by atoms with Gasteiger partial charge in [-0.2, -0.15) is 0 Å². The minimum atomic E-state index is -1.71. The number of hydrogen-bond donors (Lipinski definition) is 0. The second kappa shape index (κ2) is 7.68. The highest BCUT2D eigenvalue weighted by Crippen LogP contribution is 2.40. The van der Waals surface area contributed by atoms with Gasteiger partial charge in [-0.05, 0) is 41.8 Å². The maximum absolute atomic E-state index is 5.90. The summed E-state index contributed by atoms with van der Waals surface area (Å²) in [4.78, 5) is 4.50. The predicted octanol–water partition coefficient (Wildman–Crippen LogP) is 5.15. The molecular weight excluding hydrogens is 300 g/mol. The molecule has 0 aromatic carbocycles. The molecule has 2 rings (SSSR count). The first-order chi connectivity index (χ1) is 10.9. The second-order valence-electron chi connectivity index (χ2n) is 7.63. The third-order valence-electron chi connectivity index (χ3n) is 5.39. The smallest absolute Gasteiger partial charge is 0.186 e. The molecule has 1 aliphatic heterocycles. The maximum atomic E-state index is 5.90. The summed E-state index contributed by atoms with van der Waals surface area (Å²) in [6, 6.07) is 0. The Bertz CT molecular complexity index is 538. The topological polar surface area (TPSA) is 27.1 Å². The Morgan fingerprint density at radius 1 is 1.13 bits per heavy atom. The highest BCUT2D eigenvalue weighted by atomic mass is 28.3. The molecule has 23 heavy (non-hydrogen) atoms. The molecule has 3 nitrogen and oxygen atoms in total. The molecular formula is C19H32N2OSi. The average molecular weight is 333 g/mol. The average Bonchev–Trinajstić information content (AvgIpc) is 2.96. The third kappa shape index (κ3) is 3.72. The highest BCUT2D eigenvalue weighted by Gasteiger charge is 2.41. The van der Waals surface area contributed by atoms with Crippen molar-refractivity contribution in [1.29, 1.82) is 0 Å². The van der Waals surface area contributed by atoms with Crippen molar-refractivity contribution in [3.05, 3.63) is 18.2 Å². The number of aromatic nitrogens is 2. The van der Waals surface area contributed by atoms with Crippen molar-refractivity contribution in [2.24, 2.45) is 0 Å². The fourth-order valence-electron chi connectivity index (χ4n) is 4.18. The summed E-state index contributed by atoms with van der Waals surface area (Å²) in [6.45, 7) is 14.9. The minimum Gasteiger partial charge on any atom is -0.358 e. The van der Waals surface area contributed by atoms with E-state index in [1.165, 1.54) is 6.42 Å². The van der Waals surface area contributed by atoms with Crippen LogP contribution >= 0.6 is 0 Å². The summed E-state index contributed by atoms with van der Waals surface area (Å²) in [5.41, 5.74) is 5.69. The van der Waals surface area contributed by atoms with E-state index >= 15 is 0 Å². The van der Waals surface area contributed by atoms with Crippen molar-refractivity contribution in [3.63, 3.8) is 0 Å². The van der Waals surface area contributed by atoms with Crippen LogP contribution in [0, 0.1) is 11.5 Å². The van der Waals surface area contributed by atoms with Gasteiger partial charge in [-0.3, -0.25) is 4.57 Å². The fraction of sp³-hybridized carbons (Fsp3) is 0.737. The van der Waals surface area contributed by atoms with Crippen molar-refractivity contribution < 1.29 is 4.74 Å². The molecule has 2 heterocycles. The van der Waals surface area contributed by atoms with Crippen LogP contribution in [0.4, 0.5) is 0 Å². The van der Waals surface area contributed by atoms with E-state index in [0.29, 0.717) is 16.6 Å². The van der Waals surface area contributed by atoms with E-state index in [9.17, 15) is 0 Å². The summed E-state index contributed by atoms with van der Waals surface area (Å²) in [5.74, 6) is 4.33. The molecule has 0 N–H and O–H groups in total. The molecule has 0 saturated carbocycles. The minimum absolute atomic E-state index is 0.115. The Labute approximate surface area is 142 Å². The summed E-state index contributed by atoms with van der Waals surface area (Å²) in [6.07, 6.45) is 7.43. The SMILES string of the molecule is CC(C)[Si](C#Cc1nccn1C1CCCCO1)(C(C)C)C(C)C. The van der Waals surface area contributed by atoms with Crippen LogP contribution in [-0.2, 0) is 4.74 Å². The van der Waals surface area contributed by atoms with Crippen molar-refractivity contribution >= 4 is 8.07 Å². The lowest BCUT2D eigenvalue weighted by Gasteiger charge is -2.38. The number of nitrogens with zero attached hydrogens (tertiary/aromatic N) is 2. The number of ether oxygens (including phenoxy) is 1. The van der Waals surface area contributed by atoms with Gasteiger partial charge >= 0.3 is 0 Å². The largest absolute Gasteiger partial charge is 0.358 e. The van der Waals surface area contributed by atoms with Gasteiger partial charge in [-0.1, -0.05) is 41.5 Å². The van der Waals surface area contributed by atoms with Crippen LogP contribution in [0.15, 0.2) is 12.4 Å². The normalized spacial score (nSPS) is 19.3. The molecule has 1 atom stereocenters. The molecule has 0 aliphatic carbocycles. The maximum Gasteiger partial charge on any atom is 0.186 e. The summed E-state index contributed by atoms with van der Waals surface area (Å²) >= 11 is 0. The van der Waals surface area contributed by atoms with Crippen molar-refractivity contribution in [2.75, 3.05) is 6.61 Å². The third-order valence-corrected chi connectivity index (χ3v) is 11.7. The van der Waals surface area contributed by atoms with Crippen LogP contribution in [0.1, 0.15) is 72.9 Å². The van der Waals surface area contributed by atoms with Gasteiger partial charge < -0.3 is 4.74 Å². The van der Waals surface area contributed by atoms with Crippen molar-refractivity contribution in [1.82, 2.24) is 9.55 Å². The van der Waals surface area contributed by atoms with Crippen LogP contribution in [0.2, 0.25) is 16.6 Å². The van der Waals surface area contributed by atoms with Gasteiger partial charge in [0.25, 0.3) is 0 Å². The van der Waals surface area contributed by atoms with Gasteiger partial charge in [0, 0.05) is 19.0 Å². The zero-order chi connectivity index (χ0) is 17.0. The lowest BCUT2D eigenvalue weighted by molar-refractivity contribution is -0.0324. The van der Waals surface area contributed by atoms with Crippen LogP contribution < -0.4 is 0 Å². The van der Waals surface area contributed by atoms with E-state index < -0.39 is 8.07 Å². The first-order valence-corrected chi connectivity index (χ1v) is 11.3. The lowest BCUT2D eigenvalue weighted by Crippen LogP contribution is -2.43. The molecule has 1 unspecified atom stereocenters. The Hall–Kier alpha value is -1.05. The molecule has 0 radical (unpaired) electrons. The Kier molecular flexibility index (Phi) is 6.10. The molecule has 1 aliphatic rings. The molecule has 4 heteroatoms. The van der Waals surface area contributed by atoms with Crippen LogP contribution in [0.25, 0.3) is 0 Å². The van der Waals surface area contributed by atoms with Gasteiger partial charge in [-0.25, -0.2) is 4.98 Å². The second-order valence-corrected chi connectivity index (χ2v) is 13.2. The fourth-order valence-corrected chi connectivity index (χ4v) is 9.38. The number of imidazole rings is 1. The first-order valence-electron chi connectivity index (χ1n) is 9.07. The van der Waals surface area contributed by atoms with Gasteiger partial charge in [0.1, 0.15) is 14.3 Å². The molecule has 0 amide bonds. The van der Waals surface area contributed by atoms with E-state index in [1.807, 2.05) is 12.4 Å². The molecule has 1 aromatic rings. The zero-order valence-electron chi connectivity index (χ0n) is 15.6. The van der Waals surface area contributed by atoms with Gasteiger partial charge in [0.05, 0.1) is 0 Å². The Morgan fingerprint density at radius 2 is 1.78 bits per heavy atom. The Balaban J connectivity index is 2.34. The van der Waals surface area contributed by atoms with Gasteiger partial charge in [0.15, 0.2) is 5.82 Å². The molecule has 1 saturated heterocycles. The van der Waals surface area contributed by atoms with E-state index in [-0.39, 0.29) is 6.23 Å². The molecule has 128 valence electrons. The van der Waals surface area contributed by atoms with Gasteiger partial charge in [0.2, 0.25) is 0 Å². The quantitative estimate of drug-likeness (QED) is 0.563. The van der Waals surface area contributed by atoms with Crippen molar-refractivity contribution in [2.45, 2.75) is 83.7 Å². The van der Waals surface area contributed by atoms with E-state index in [4.69, 9.17) is 4.74 Å². The van der Waals surface area contributed by atoms with E-state index in [2.05, 4.69) is 62.6 Å². The molecule has 0 bridgehead atoms. The van der Waals surface area contributed by atoms with Crippen LogP contribution in [0.5, 0.6) is 0 Å². The van der Waals surface area contributed by atoms with Gasteiger partial charge in [-0.15, -0.1) is 5.54 Å². The Morgan fingerprint density at radius 3 is 2.30 bits per heavy atom. The van der Waals surface area contributed by atoms with Crippen LogP contribution in [-0.4, -0.2) is 24.2 Å². The first kappa shape index (κ1) is 18.3. The summed E-state index contributed by atoms with van der Waals surface area (Å²) in [5, 5.41) is 0. The summed E-state index contributed by atoms with van der Waals surface area (Å²) < 4.78 is 8.04. The predicted molar refractivity (Wildman–Crippen MR) is 99.0 cm³/mol. The number of rotatable bonds is 4. The molecule has 1 fully saturated rings. The molecule has 1 aromatic heterocycles. The molecule has 0 spiro atoms. The standard InChI is InChI=1S/C19H32N2OSi/c1-15(2)23(16(3)4,17(5)6)14-10-18-20-11-12-21(18)19-9-7-8-13-22-19/h11-12,15-17,19H,7-9,13H2,1-6H3. The summed E-state index contributed by atoms with van der Waals surface area (Å²) in [7, 11) is -1.71.